The second kappa shape index (κ2) is 9.19. The Hall–Kier alpha value is -4.08. The topological polar surface area (TPSA) is 119 Å². The first kappa shape index (κ1) is 22.1. The summed E-state index contributed by atoms with van der Waals surface area (Å²) in [5, 5.41) is 3.85. The summed E-state index contributed by atoms with van der Waals surface area (Å²) in [6, 6.07) is 10.1. The van der Waals surface area contributed by atoms with Gasteiger partial charge in [0.15, 0.2) is 0 Å². The lowest BCUT2D eigenvalue weighted by Crippen LogP contribution is -2.35. The number of rotatable bonds is 8. The van der Waals surface area contributed by atoms with Crippen molar-refractivity contribution in [2.24, 2.45) is 0 Å². The summed E-state index contributed by atoms with van der Waals surface area (Å²) in [5.41, 5.74) is 2.11. The number of carbonyl (C=O) groups is 3. The average molecular weight is 449 g/mol. The summed E-state index contributed by atoms with van der Waals surface area (Å²) < 4.78 is 10.2. The first-order valence-corrected chi connectivity index (χ1v) is 10.5. The van der Waals surface area contributed by atoms with Crippen molar-refractivity contribution < 1.29 is 23.6 Å². The van der Waals surface area contributed by atoms with Crippen LogP contribution in [-0.2, 0) is 16.1 Å². The molecule has 1 aromatic carbocycles. The molecule has 10 nitrogen and oxygen atoms in total. The van der Waals surface area contributed by atoms with Crippen molar-refractivity contribution in [1.29, 1.82) is 0 Å². The van der Waals surface area contributed by atoms with E-state index in [0.717, 1.165) is 5.56 Å². The zero-order valence-corrected chi connectivity index (χ0v) is 18.5. The van der Waals surface area contributed by atoms with Crippen molar-refractivity contribution in [2.75, 3.05) is 18.0 Å². The smallest absolute Gasteiger partial charge is 0.338 e. The van der Waals surface area contributed by atoms with E-state index in [1.165, 1.54) is 4.90 Å². The van der Waals surface area contributed by atoms with Crippen LogP contribution in [0.2, 0.25) is 0 Å². The quantitative estimate of drug-likeness (QED) is 0.380. The van der Waals surface area contributed by atoms with E-state index in [4.69, 9.17) is 9.26 Å². The van der Waals surface area contributed by atoms with Crippen LogP contribution in [0.5, 0.6) is 0 Å². The molecular formula is C23H23N5O5. The third kappa shape index (κ3) is 4.74. The standard InChI is InChI=1S/C23H23N5O5/c1-14(2)32-23(31)16-7-8-17-12-27(22(30)18(17)11-16)9-10-28(13-29)20-6-4-5-19(25-20)21-24-15(3)33-26-21/h4-8,11,13-14H,9-10,12H2,1-3H3. The minimum Gasteiger partial charge on any atom is -0.459 e. The van der Waals surface area contributed by atoms with E-state index in [1.54, 1.807) is 62.1 Å². The number of nitrogens with zero attached hydrogens (tertiary/aromatic N) is 5. The van der Waals surface area contributed by atoms with Gasteiger partial charge in [0.05, 0.1) is 11.7 Å². The zero-order valence-electron chi connectivity index (χ0n) is 18.5. The van der Waals surface area contributed by atoms with Crippen LogP contribution in [0.4, 0.5) is 5.82 Å². The fourth-order valence-corrected chi connectivity index (χ4v) is 3.51. The molecule has 1 aliphatic rings. The monoisotopic (exact) mass is 449 g/mol. The highest BCUT2D eigenvalue weighted by atomic mass is 16.5. The van der Waals surface area contributed by atoms with E-state index in [9.17, 15) is 14.4 Å². The van der Waals surface area contributed by atoms with E-state index in [1.807, 2.05) is 0 Å². The molecule has 3 aromatic rings. The van der Waals surface area contributed by atoms with Gasteiger partial charge in [-0.1, -0.05) is 17.3 Å². The van der Waals surface area contributed by atoms with Crippen LogP contribution >= 0.6 is 0 Å². The van der Waals surface area contributed by atoms with Gasteiger partial charge in [-0.25, -0.2) is 9.78 Å². The summed E-state index contributed by atoms with van der Waals surface area (Å²) >= 11 is 0. The number of fused-ring (bicyclic) bond motifs is 1. The van der Waals surface area contributed by atoms with Crippen molar-refractivity contribution in [3.8, 4) is 11.5 Å². The van der Waals surface area contributed by atoms with Gasteiger partial charge in [-0.3, -0.25) is 14.5 Å². The second-order valence-electron chi connectivity index (χ2n) is 7.87. The molecule has 2 aromatic heterocycles. The Morgan fingerprint density at radius 2 is 2.09 bits per heavy atom. The fraction of sp³-hybridized carbons (Fsp3) is 0.304. The molecular weight excluding hydrogens is 426 g/mol. The molecule has 0 unspecified atom stereocenters. The van der Waals surface area contributed by atoms with Crippen molar-refractivity contribution in [2.45, 2.75) is 33.4 Å². The number of hydrogen-bond acceptors (Lipinski definition) is 8. The number of ether oxygens (including phenoxy) is 1. The van der Waals surface area contributed by atoms with Crippen LogP contribution in [0.3, 0.4) is 0 Å². The summed E-state index contributed by atoms with van der Waals surface area (Å²) in [5.74, 6) is 0.496. The van der Waals surface area contributed by atoms with Crippen LogP contribution in [-0.4, -0.2) is 57.5 Å². The first-order valence-electron chi connectivity index (χ1n) is 10.5. The highest BCUT2D eigenvalue weighted by molar-refractivity contribution is 6.01. The van der Waals surface area contributed by atoms with Gasteiger partial charge >= 0.3 is 5.97 Å². The lowest BCUT2D eigenvalue weighted by molar-refractivity contribution is -0.107. The number of hydrogen-bond donors (Lipinski definition) is 0. The van der Waals surface area contributed by atoms with E-state index in [-0.39, 0.29) is 18.6 Å². The molecule has 2 amide bonds. The molecule has 0 saturated heterocycles. The Morgan fingerprint density at radius 3 is 2.79 bits per heavy atom. The maximum Gasteiger partial charge on any atom is 0.338 e. The number of amides is 2. The normalized spacial score (nSPS) is 12.7. The van der Waals surface area contributed by atoms with Gasteiger partial charge in [0.1, 0.15) is 11.5 Å². The molecule has 3 heterocycles. The summed E-state index contributed by atoms with van der Waals surface area (Å²) in [7, 11) is 0. The highest BCUT2D eigenvalue weighted by Gasteiger charge is 2.29. The Morgan fingerprint density at radius 1 is 1.27 bits per heavy atom. The van der Waals surface area contributed by atoms with Gasteiger partial charge in [-0.2, -0.15) is 4.98 Å². The number of anilines is 1. The maximum absolute atomic E-state index is 12.9. The van der Waals surface area contributed by atoms with E-state index < -0.39 is 5.97 Å². The van der Waals surface area contributed by atoms with Crippen LogP contribution in [0, 0.1) is 6.92 Å². The predicted molar refractivity (Wildman–Crippen MR) is 117 cm³/mol. The minimum atomic E-state index is -0.464. The molecule has 33 heavy (non-hydrogen) atoms. The van der Waals surface area contributed by atoms with Gasteiger partial charge in [0.25, 0.3) is 5.91 Å². The predicted octanol–water partition coefficient (Wildman–Crippen LogP) is 2.62. The van der Waals surface area contributed by atoms with Gasteiger partial charge in [0.2, 0.25) is 18.1 Å². The minimum absolute atomic E-state index is 0.195. The molecule has 170 valence electrons. The fourth-order valence-electron chi connectivity index (χ4n) is 3.51. The lowest BCUT2D eigenvalue weighted by atomic mass is 10.1. The number of aryl methyl sites for hydroxylation is 1. The number of esters is 1. The molecule has 0 aliphatic carbocycles. The lowest BCUT2D eigenvalue weighted by Gasteiger charge is -2.21. The Kier molecular flexibility index (Phi) is 6.16. The molecule has 0 bridgehead atoms. The molecule has 4 rings (SSSR count). The zero-order chi connectivity index (χ0) is 23.5. The molecule has 10 heteroatoms. The average Bonchev–Trinajstić information content (AvgIpc) is 3.37. The van der Waals surface area contributed by atoms with Crippen molar-refractivity contribution in [3.05, 3.63) is 59.0 Å². The maximum atomic E-state index is 12.9. The third-order valence-corrected chi connectivity index (χ3v) is 5.09. The first-order chi connectivity index (χ1) is 15.9. The third-order valence-electron chi connectivity index (χ3n) is 5.09. The summed E-state index contributed by atoms with van der Waals surface area (Å²) in [6.07, 6.45) is 0.421. The van der Waals surface area contributed by atoms with Crippen LogP contribution < -0.4 is 4.90 Å². The second-order valence-corrected chi connectivity index (χ2v) is 7.87. The summed E-state index contributed by atoms with van der Waals surface area (Å²) in [4.78, 5) is 48.5. The van der Waals surface area contributed by atoms with Crippen LogP contribution in [0.1, 0.15) is 46.0 Å². The molecule has 0 N–H and O–H groups in total. The molecule has 0 saturated carbocycles. The largest absolute Gasteiger partial charge is 0.459 e. The van der Waals surface area contributed by atoms with Crippen LogP contribution in [0.15, 0.2) is 40.9 Å². The van der Waals surface area contributed by atoms with Gasteiger partial charge in [0, 0.05) is 32.1 Å². The van der Waals surface area contributed by atoms with E-state index >= 15 is 0 Å². The molecule has 1 aliphatic heterocycles. The molecule has 0 radical (unpaired) electrons. The Bertz CT molecular complexity index is 1210. The van der Waals surface area contributed by atoms with Crippen molar-refractivity contribution in [3.63, 3.8) is 0 Å². The molecule has 0 spiro atoms. The van der Waals surface area contributed by atoms with Gasteiger partial charge in [-0.05, 0) is 43.7 Å². The molecule has 0 fully saturated rings. The number of benzene rings is 1. The number of pyridine rings is 1. The summed E-state index contributed by atoms with van der Waals surface area (Å²) in [6.45, 7) is 6.16. The number of carbonyl (C=O) groups excluding carboxylic acids is 3. The van der Waals surface area contributed by atoms with Crippen molar-refractivity contribution in [1.82, 2.24) is 20.0 Å². The van der Waals surface area contributed by atoms with Gasteiger partial charge in [-0.15, -0.1) is 0 Å². The Labute approximate surface area is 190 Å². The van der Waals surface area contributed by atoms with Crippen LogP contribution in [0.25, 0.3) is 11.5 Å². The van der Waals surface area contributed by atoms with Crippen molar-refractivity contribution >= 4 is 24.1 Å². The SMILES string of the molecule is Cc1nc(-c2cccc(N(C=O)CCN3Cc4ccc(C(=O)OC(C)C)cc4C3=O)n2)no1. The van der Waals surface area contributed by atoms with E-state index in [0.29, 0.717) is 53.9 Å². The number of aromatic nitrogens is 3. The molecule has 0 atom stereocenters. The Balaban J connectivity index is 1.44. The van der Waals surface area contributed by atoms with E-state index in [2.05, 4.69) is 15.1 Å². The van der Waals surface area contributed by atoms with Gasteiger partial charge < -0.3 is 14.2 Å². The highest BCUT2D eigenvalue weighted by Crippen LogP contribution is 2.25.